The van der Waals surface area contributed by atoms with Gasteiger partial charge in [-0.25, -0.2) is 13.8 Å². The average molecular weight is 1370 g/mol. The van der Waals surface area contributed by atoms with Crippen LogP contribution in [0.15, 0.2) is 110 Å². The molecule has 5 heterocycles. The summed E-state index contributed by atoms with van der Waals surface area (Å²) < 4.78 is 29.8. The summed E-state index contributed by atoms with van der Waals surface area (Å²) in [5.74, 6) is -9.41. The van der Waals surface area contributed by atoms with Crippen LogP contribution in [0.5, 0.6) is 5.75 Å². The molecule has 9 rings (SSSR count). The number of carbonyl (C=O) groups excluding carboxylic acids is 9. The van der Waals surface area contributed by atoms with E-state index in [1.165, 1.54) is 90.1 Å². The van der Waals surface area contributed by atoms with Gasteiger partial charge in [-0.2, -0.15) is 23.5 Å². The third kappa shape index (κ3) is 20.7. The summed E-state index contributed by atoms with van der Waals surface area (Å²) in [4.78, 5) is 157. The first-order valence-corrected chi connectivity index (χ1v) is 34.4. The number of nitrogens with one attached hydrogen (secondary N) is 10. The second kappa shape index (κ2) is 34.9. The number of hydrogen-bond acceptors (Lipinski definition) is 15. The fourth-order valence-electron chi connectivity index (χ4n) is 11.9. The number of unbranched alkanes of at least 4 members (excludes halogenated alkanes) is 1. The number of phenolic OH excluding ortho intramolecular Hbond substituents is 1. The van der Waals surface area contributed by atoms with Gasteiger partial charge in [0, 0.05) is 121 Å². The summed E-state index contributed by atoms with van der Waals surface area (Å²) in [6, 6.07) is 13.5. The number of aromatic hydroxyl groups is 1. The number of nitrogens with two attached hydrogens (primary N) is 1. The van der Waals surface area contributed by atoms with Gasteiger partial charge in [-0.15, -0.1) is 0 Å². The minimum absolute atomic E-state index is 0.0621. The zero-order valence-corrected chi connectivity index (χ0v) is 54.7. The molecule has 0 aliphatic carbocycles. The second-order valence-electron chi connectivity index (χ2n) is 24.1. The normalized spacial score (nSPS) is 21.7. The zero-order valence-electron chi connectivity index (χ0n) is 53.1. The maximum Gasteiger partial charge on any atom is 0.304 e. The molecule has 7 atom stereocenters. The molecule has 514 valence electrons. The Morgan fingerprint density at radius 1 is 0.639 bits per heavy atom. The van der Waals surface area contributed by atoms with Crippen molar-refractivity contribution in [3.8, 4) is 5.75 Å². The monoisotopic (exact) mass is 1370 g/mol. The van der Waals surface area contributed by atoms with E-state index in [9.17, 15) is 57.4 Å². The molecule has 1 saturated heterocycles. The molecule has 0 spiro atoms. The predicted octanol–water partition coefficient (Wildman–Crippen LogP) is 4.02. The number of thioether (sulfide) groups is 2. The van der Waals surface area contributed by atoms with Crippen LogP contribution in [-0.2, 0) is 85.1 Å². The van der Waals surface area contributed by atoms with Crippen molar-refractivity contribution in [3.05, 3.63) is 155 Å². The Hall–Kier alpha value is -9.61. The number of phenols is 1. The maximum absolute atomic E-state index is 15.1. The lowest BCUT2D eigenvalue weighted by Crippen LogP contribution is -2.58. The number of carboxylic acid groups (broad SMARTS) is 1. The molecule has 0 saturated carbocycles. The Bertz CT molecular complexity index is 3950. The number of fused-ring (bicyclic) bond motifs is 5. The number of amides is 8. The van der Waals surface area contributed by atoms with E-state index in [1.807, 2.05) is 18.2 Å². The van der Waals surface area contributed by atoms with Crippen molar-refractivity contribution >= 4 is 104 Å². The first-order valence-electron chi connectivity index (χ1n) is 32.1. The number of H-pyrrole nitrogens is 3. The van der Waals surface area contributed by atoms with Gasteiger partial charge in [0.1, 0.15) is 47.6 Å². The molecule has 2 aliphatic heterocycles. The smallest absolute Gasteiger partial charge is 0.304 e. The molecular formula is C68H79F2N13O12S2. The fourth-order valence-corrected chi connectivity index (χ4v) is 13.6. The van der Waals surface area contributed by atoms with Gasteiger partial charge in [-0.3, -0.25) is 47.9 Å². The van der Waals surface area contributed by atoms with Crippen molar-refractivity contribution in [2.45, 2.75) is 125 Å². The van der Waals surface area contributed by atoms with E-state index < -0.39 is 139 Å². The van der Waals surface area contributed by atoms with E-state index in [0.717, 1.165) is 11.1 Å². The standard InChI is InChI=1S/C68H79F2N13O12S2/c69-45-11-15-51-49(29-45)43(32-74-51)25-54-59(85)27-42(28-62(88)89)63(90)81-56(31-47-34-72-38-77-47)66(93)82-57(24-39-9-13-48(84)14-10-39)68(95)83-20-4-8-58(83)67(94)73-19-22-97-37-41-6-3-5-40(23-41)36-96-21-17-60(86)78-53(7-1-2-18-71)64(91)76-35-61(87)79-55(65(92)80-54)26-44-33-75-52-16-12-46(70)30-50(44)52/h3,5-6,9-16,23,29-30,32-34,38,42,53-58,74-75,84H,1-2,4,7-8,17-22,24-28,31,35-37,71H2,(H,72,77)(H,73,94)(H,76,91)(H,78,86)(H,79,87)(H,80,92)(H,81,90)(H,82,93)(H,88,89)/t42-,53-,54-,55-,56-,57-,58-/m0/s1. The molecule has 4 aromatic carbocycles. The zero-order chi connectivity index (χ0) is 69.0. The number of imidazole rings is 1. The molecule has 25 nitrogen and oxygen atoms in total. The molecule has 1 fully saturated rings. The van der Waals surface area contributed by atoms with Gasteiger partial charge < -0.3 is 73.0 Å². The van der Waals surface area contributed by atoms with E-state index in [2.05, 4.69) is 63.2 Å². The highest BCUT2D eigenvalue weighted by molar-refractivity contribution is 7.98. The average Bonchev–Trinajstić information content (AvgIpc) is 1.89. The molecule has 7 aromatic rings. The number of ketones is 1. The van der Waals surface area contributed by atoms with Crippen LogP contribution in [0, 0.1) is 17.6 Å². The number of benzene rings is 4. The lowest BCUT2D eigenvalue weighted by atomic mass is 9.91. The van der Waals surface area contributed by atoms with Gasteiger partial charge >= 0.3 is 5.97 Å². The van der Waals surface area contributed by atoms with Crippen molar-refractivity contribution in [3.63, 3.8) is 0 Å². The van der Waals surface area contributed by atoms with Crippen LogP contribution in [-0.4, -0.2) is 168 Å². The van der Waals surface area contributed by atoms with Crippen molar-refractivity contribution < 1.29 is 66.9 Å². The number of hydrogen-bond donors (Lipinski definition) is 13. The summed E-state index contributed by atoms with van der Waals surface area (Å²) in [6.07, 6.45) is 4.64. The number of aromatic amines is 3. The number of rotatable bonds is 14. The van der Waals surface area contributed by atoms with Gasteiger partial charge in [0.05, 0.1) is 31.3 Å². The summed E-state index contributed by atoms with van der Waals surface area (Å²) in [7, 11) is 0. The number of aromatic nitrogens is 4. The minimum Gasteiger partial charge on any atom is -0.508 e. The number of Topliss-reactive ketones (excluding diaryl/α,β-unsaturated/α-hetero) is 1. The van der Waals surface area contributed by atoms with Crippen molar-refractivity contribution in [2.24, 2.45) is 11.7 Å². The van der Waals surface area contributed by atoms with E-state index in [-0.39, 0.29) is 50.9 Å². The van der Waals surface area contributed by atoms with Crippen LogP contribution in [0.1, 0.15) is 84.9 Å². The highest BCUT2D eigenvalue weighted by Crippen LogP contribution is 2.27. The number of aliphatic carboxylic acids is 1. The Labute approximate surface area is 565 Å². The molecule has 3 aromatic heterocycles. The first-order chi connectivity index (χ1) is 46.8. The number of nitrogens with zero attached hydrogens (tertiary/aromatic N) is 2. The van der Waals surface area contributed by atoms with Gasteiger partial charge in [0.2, 0.25) is 47.3 Å². The van der Waals surface area contributed by atoms with E-state index in [0.29, 0.717) is 99.4 Å². The van der Waals surface area contributed by atoms with Crippen LogP contribution in [0.4, 0.5) is 8.78 Å². The fraction of sp³-hybridized carbons (Fsp3) is 0.397. The highest BCUT2D eigenvalue weighted by atomic mass is 32.2. The van der Waals surface area contributed by atoms with Crippen molar-refractivity contribution in [2.75, 3.05) is 37.7 Å². The van der Waals surface area contributed by atoms with Gasteiger partial charge in [-0.1, -0.05) is 36.4 Å². The lowest BCUT2D eigenvalue weighted by molar-refractivity contribution is -0.143. The quantitative estimate of drug-likeness (QED) is 0.0684. The molecule has 8 amide bonds. The van der Waals surface area contributed by atoms with Gasteiger partial charge in [-0.05, 0) is 115 Å². The van der Waals surface area contributed by atoms with Gasteiger partial charge in [0.15, 0.2) is 5.78 Å². The Morgan fingerprint density at radius 3 is 1.92 bits per heavy atom. The van der Waals surface area contributed by atoms with E-state index >= 15 is 9.59 Å². The molecule has 14 N–H and O–H groups in total. The molecule has 2 bridgehead atoms. The Kier molecular flexibility index (Phi) is 25.8. The van der Waals surface area contributed by atoms with Crippen LogP contribution in [0.2, 0.25) is 0 Å². The SMILES string of the molecule is NCCCC[C@@H]1NC(=O)CCSCc2cccc(c2)CSCCNC(=O)[C@@H]2CCCN2C(=O)[C@H](Cc2ccc(O)cc2)NC(=O)[C@H](Cc2cnc[nH]2)NC(=O)[C@H](CC(=O)O)CC(=O)[C@H](Cc2c[nH]c3ccc(F)cc23)NC(=O)[C@H](Cc2c[nH]c3ccc(F)cc23)NC(=O)CNC1=O. The first kappa shape index (κ1) is 71.7. The summed E-state index contributed by atoms with van der Waals surface area (Å²) in [5, 5.41) is 40.2. The van der Waals surface area contributed by atoms with E-state index in [1.54, 1.807) is 23.9 Å². The largest absolute Gasteiger partial charge is 0.508 e. The Balaban J connectivity index is 1.03. The van der Waals surface area contributed by atoms with Crippen LogP contribution >= 0.6 is 23.5 Å². The predicted molar refractivity (Wildman–Crippen MR) is 360 cm³/mol. The molecule has 97 heavy (non-hydrogen) atoms. The Morgan fingerprint density at radius 2 is 1.27 bits per heavy atom. The van der Waals surface area contributed by atoms with E-state index in [4.69, 9.17) is 5.73 Å². The maximum atomic E-state index is 15.1. The lowest BCUT2D eigenvalue weighted by Gasteiger charge is -2.30. The second-order valence-corrected chi connectivity index (χ2v) is 26.3. The molecule has 2 aliphatic rings. The molecule has 0 unspecified atom stereocenters. The summed E-state index contributed by atoms with van der Waals surface area (Å²) in [5.41, 5.74) is 10.2. The number of carboxylic acids is 1. The minimum atomic E-state index is -1.76. The summed E-state index contributed by atoms with van der Waals surface area (Å²) in [6.45, 7) is 0.0584. The van der Waals surface area contributed by atoms with Crippen molar-refractivity contribution in [1.82, 2.24) is 62.1 Å². The third-order valence-corrected chi connectivity index (χ3v) is 19.0. The van der Waals surface area contributed by atoms with Gasteiger partial charge in [0.25, 0.3) is 0 Å². The highest BCUT2D eigenvalue weighted by Gasteiger charge is 2.40. The van der Waals surface area contributed by atoms with Crippen LogP contribution in [0.3, 0.4) is 0 Å². The molecule has 0 radical (unpaired) electrons. The topological polar surface area (TPSA) is 385 Å². The summed E-state index contributed by atoms with van der Waals surface area (Å²) >= 11 is 3.12. The third-order valence-electron chi connectivity index (χ3n) is 16.9. The van der Waals surface area contributed by atoms with Crippen molar-refractivity contribution in [1.29, 1.82) is 0 Å². The molecular weight excluding hydrogens is 1290 g/mol. The number of halogens is 2. The van der Waals surface area contributed by atoms with Crippen LogP contribution in [0.25, 0.3) is 21.8 Å². The molecule has 29 heteroatoms. The number of carbonyl (C=O) groups is 10. The van der Waals surface area contributed by atoms with Crippen LogP contribution < -0.4 is 43.0 Å².